The Labute approximate surface area is 122 Å². The number of nitro benzene ring substituents is 1. The van der Waals surface area contributed by atoms with E-state index >= 15 is 0 Å². The van der Waals surface area contributed by atoms with Gasteiger partial charge in [-0.15, -0.1) is 0 Å². The molecule has 0 saturated carbocycles. The third kappa shape index (κ3) is 4.16. The maximum atomic E-state index is 11.9. The summed E-state index contributed by atoms with van der Waals surface area (Å²) in [6, 6.07) is 5.92. The smallest absolute Gasteiger partial charge is 0.410 e. The molecule has 2 rings (SSSR count). The Bertz CT molecular complexity index is 503. The first-order valence-electron chi connectivity index (χ1n) is 6.66. The number of non-ortho nitro benzene ring substituents is 1. The fourth-order valence-electron chi connectivity index (χ4n) is 2.01. The van der Waals surface area contributed by atoms with Crippen molar-refractivity contribution in [2.24, 2.45) is 0 Å². The molecule has 0 spiro atoms. The highest BCUT2D eigenvalue weighted by Crippen LogP contribution is 2.14. The normalized spacial score (nSPS) is 18.3. The lowest BCUT2D eigenvalue weighted by Gasteiger charge is -2.31. The molecule has 1 aromatic carbocycles. The molecular formula is C14H17N2O5. The SMILES string of the molecule is [CH2]CC1CN(C(=O)OCc2ccc([N+](=O)[O-])cc2)CCO1. The molecule has 1 amide bonds. The summed E-state index contributed by atoms with van der Waals surface area (Å²) in [7, 11) is 0. The summed E-state index contributed by atoms with van der Waals surface area (Å²) in [4.78, 5) is 23.6. The number of amides is 1. The molecule has 7 heteroatoms. The molecule has 1 fully saturated rings. The minimum atomic E-state index is -0.470. The van der Waals surface area contributed by atoms with Gasteiger partial charge in [0.1, 0.15) is 6.61 Å². The Balaban J connectivity index is 1.84. The van der Waals surface area contributed by atoms with Gasteiger partial charge in [-0.25, -0.2) is 4.79 Å². The highest BCUT2D eigenvalue weighted by atomic mass is 16.6. The maximum absolute atomic E-state index is 11.9. The first kappa shape index (κ1) is 15.2. The van der Waals surface area contributed by atoms with Crippen LogP contribution in [0.4, 0.5) is 10.5 Å². The Morgan fingerprint density at radius 3 is 2.81 bits per heavy atom. The minimum absolute atomic E-state index is 0.0107. The summed E-state index contributed by atoms with van der Waals surface area (Å²) in [5.41, 5.74) is 0.715. The monoisotopic (exact) mass is 293 g/mol. The summed E-state index contributed by atoms with van der Waals surface area (Å²) in [5, 5.41) is 10.5. The van der Waals surface area contributed by atoms with E-state index in [2.05, 4.69) is 6.92 Å². The first-order chi connectivity index (χ1) is 10.1. The third-order valence-corrected chi connectivity index (χ3v) is 3.23. The molecule has 1 unspecified atom stereocenters. The van der Waals surface area contributed by atoms with E-state index in [-0.39, 0.29) is 18.4 Å². The number of carbonyl (C=O) groups is 1. The van der Waals surface area contributed by atoms with Crippen LogP contribution in [0.15, 0.2) is 24.3 Å². The van der Waals surface area contributed by atoms with Crippen LogP contribution in [0.5, 0.6) is 0 Å². The molecule has 21 heavy (non-hydrogen) atoms. The number of carbonyl (C=O) groups excluding carboxylic acids is 1. The lowest BCUT2D eigenvalue weighted by Crippen LogP contribution is -2.45. The van der Waals surface area contributed by atoms with Gasteiger partial charge >= 0.3 is 6.09 Å². The van der Waals surface area contributed by atoms with E-state index in [0.29, 0.717) is 31.7 Å². The third-order valence-electron chi connectivity index (χ3n) is 3.23. The van der Waals surface area contributed by atoms with E-state index in [1.165, 1.54) is 12.1 Å². The quantitative estimate of drug-likeness (QED) is 0.627. The van der Waals surface area contributed by atoms with Crippen molar-refractivity contribution in [2.75, 3.05) is 19.7 Å². The standard InChI is InChI=1S/C14H17N2O5/c1-2-13-9-15(7-8-20-13)14(17)21-10-11-3-5-12(6-4-11)16(18)19/h3-6,13H,1-2,7-10H2. The summed E-state index contributed by atoms with van der Waals surface area (Å²) in [5.74, 6) is 0. The van der Waals surface area contributed by atoms with E-state index in [1.54, 1.807) is 17.0 Å². The van der Waals surface area contributed by atoms with Gasteiger partial charge < -0.3 is 14.4 Å². The maximum Gasteiger partial charge on any atom is 0.410 e. The van der Waals surface area contributed by atoms with Crippen molar-refractivity contribution >= 4 is 11.8 Å². The van der Waals surface area contributed by atoms with Crippen LogP contribution in [0.2, 0.25) is 0 Å². The van der Waals surface area contributed by atoms with Crippen molar-refractivity contribution in [1.82, 2.24) is 4.90 Å². The second-order valence-corrected chi connectivity index (χ2v) is 4.71. The Hall–Kier alpha value is -2.15. The molecule has 0 N–H and O–H groups in total. The van der Waals surface area contributed by atoms with Crippen LogP contribution in [0.25, 0.3) is 0 Å². The highest BCUT2D eigenvalue weighted by molar-refractivity contribution is 5.67. The molecule has 1 radical (unpaired) electrons. The molecule has 1 atom stereocenters. The van der Waals surface area contributed by atoms with Crippen LogP contribution >= 0.6 is 0 Å². The van der Waals surface area contributed by atoms with E-state index in [1.807, 2.05) is 0 Å². The molecule has 1 heterocycles. The van der Waals surface area contributed by atoms with Crippen molar-refractivity contribution < 1.29 is 19.2 Å². The van der Waals surface area contributed by atoms with Gasteiger partial charge in [-0.3, -0.25) is 10.1 Å². The number of nitrogens with zero attached hydrogens (tertiary/aromatic N) is 2. The lowest BCUT2D eigenvalue weighted by atomic mass is 10.2. The van der Waals surface area contributed by atoms with Crippen molar-refractivity contribution in [1.29, 1.82) is 0 Å². The number of nitro groups is 1. The van der Waals surface area contributed by atoms with Crippen molar-refractivity contribution in [2.45, 2.75) is 19.1 Å². The number of hydrogen-bond donors (Lipinski definition) is 0. The van der Waals surface area contributed by atoms with Crippen LogP contribution in [0.3, 0.4) is 0 Å². The van der Waals surface area contributed by atoms with Crippen molar-refractivity contribution in [3.63, 3.8) is 0 Å². The van der Waals surface area contributed by atoms with Crippen LogP contribution in [-0.2, 0) is 16.1 Å². The van der Waals surface area contributed by atoms with Crippen LogP contribution in [0, 0.1) is 17.0 Å². The number of ether oxygens (including phenoxy) is 2. The summed E-state index contributed by atoms with van der Waals surface area (Å²) in [6.45, 7) is 5.30. The summed E-state index contributed by atoms with van der Waals surface area (Å²) < 4.78 is 10.6. The average molecular weight is 293 g/mol. The molecule has 113 valence electrons. The zero-order valence-electron chi connectivity index (χ0n) is 11.6. The Morgan fingerprint density at radius 1 is 1.48 bits per heavy atom. The number of benzene rings is 1. The average Bonchev–Trinajstić information content (AvgIpc) is 2.53. The predicted octanol–water partition coefficient (Wildman–Crippen LogP) is 2.16. The van der Waals surface area contributed by atoms with Gasteiger partial charge in [-0.1, -0.05) is 6.92 Å². The van der Waals surface area contributed by atoms with E-state index in [4.69, 9.17) is 9.47 Å². The van der Waals surface area contributed by atoms with Gasteiger partial charge in [0.15, 0.2) is 0 Å². The molecule has 1 aliphatic heterocycles. The highest BCUT2D eigenvalue weighted by Gasteiger charge is 2.24. The fourth-order valence-corrected chi connectivity index (χ4v) is 2.01. The molecule has 0 aromatic heterocycles. The van der Waals surface area contributed by atoms with Crippen molar-refractivity contribution in [3.05, 3.63) is 46.9 Å². The zero-order valence-corrected chi connectivity index (χ0v) is 11.6. The van der Waals surface area contributed by atoms with Gasteiger partial charge in [-0.05, 0) is 24.1 Å². The van der Waals surface area contributed by atoms with Crippen molar-refractivity contribution in [3.8, 4) is 0 Å². The molecule has 0 aliphatic carbocycles. The van der Waals surface area contributed by atoms with Crippen LogP contribution < -0.4 is 0 Å². The van der Waals surface area contributed by atoms with E-state index in [0.717, 1.165) is 0 Å². The minimum Gasteiger partial charge on any atom is -0.445 e. The lowest BCUT2D eigenvalue weighted by molar-refractivity contribution is -0.384. The van der Waals surface area contributed by atoms with Gasteiger partial charge in [0.05, 0.1) is 24.2 Å². The summed E-state index contributed by atoms with van der Waals surface area (Å²) >= 11 is 0. The second-order valence-electron chi connectivity index (χ2n) is 4.71. The predicted molar refractivity (Wildman–Crippen MR) is 74.6 cm³/mol. The molecular weight excluding hydrogens is 276 g/mol. The molecule has 1 aliphatic rings. The molecule has 0 bridgehead atoms. The Morgan fingerprint density at radius 2 is 2.19 bits per heavy atom. The van der Waals surface area contributed by atoms with E-state index in [9.17, 15) is 14.9 Å². The molecule has 1 saturated heterocycles. The van der Waals surface area contributed by atoms with Gasteiger partial charge in [0, 0.05) is 18.7 Å². The largest absolute Gasteiger partial charge is 0.445 e. The van der Waals surface area contributed by atoms with Crippen LogP contribution in [-0.4, -0.2) is 41.7 Å². The van der Waals surface area contributed by atoms with Gasteiger partial charge in [0.25, 0.3) is 5.69 Å². The molecule has 7 nitrogen and oxygen atoms in total. The number of morpholine rings is 1. The zero-order chi connectivity index (χ0) is 15.2. The van der Waals surface area contributed by atoms with Crippen LogP contribution in [0.1, 0.15) is 12.0 Å². The number of rotatable bonds is 4. The Kier molecular flexibility index (Phi) is 5.10. The fraction of sp³-hybridized carbons (Fsp3) is 0.429. The van der Waals surface area contributed by atoms with Gasteiger partial charge in [0.2, 0.25) is 0 Å². The number of hydrogen-bond acceptors (Lipinski definition) is 5. The molecule has 1 aromatic rings. The summed E-state index contributed by atoms with van der Waals surface area (Å²) in [6.07, 6.45) is 0.146. The topological polar surface area (TPSA) is 81.9 Å². The second kappa shape index (κ2) is 7.03. The van der Waals surface area contributed by atoms with E-state index < -0.39 is 11.0 Å². The van der Waals surface area contributed by atoms with Gasteiger partial charge in [-0.2, -0.15) is 0 Å². The first-order valence-corrected chi connectivity index (χ1v) is 6.66.